The van der Waals surface area contributed by atoms with E-state index in [1.54, 1.807) is 12.1 Å². The lowest BCUT2D eigenvalue weighted by molar-refractivity contribution is -0.139. The Labute approximate surface area is 348 Å². The number of hydrogen-bond donors (Lipinski definition) is 6. The summed E-state index contributed by atoms with van der Waals surface area (Å²) in [5, 5.41) is 19.6. The van der Waals surface area contributed by atoms with Crippen LogP contribution in [-0.2, 0) is 37.1 Å². The first-order valence-electron chi connectivity index (χ1n) is 19.8. The first-order valence-corrected chi connectivity index (χ1v) is 19.8. The zero-order chi connectivity index (χ0) is 43.6. The third-order valence-electron chi connectivity index (χ3n) is 8.18. The second-order valence-electron chi connectivity index (χ2n) is 15.1. The van der Waals surface area contributed by atoms with Crippen LogP contribution < -0.4 is 27.0 Å². The molecule has 0 spiro atoms. The summed E-state index contributed by atoms with van der Waals surface area (Å²) in [6.07, 6.45) is 0.294. The minimum atomic E-state index is -1.05. The molecule has 13 heteroatoms. The fourth-order valence-electron chi connectivity index (χ4n) is 5.33. The van der Waals surface area contributed by atoms with Gasteiger partial charge in [-0.15, -0.1) is 0 Å². The van der Waals surface area contributed by atoms with Crippen LogP contribution in [0.25, 0.3) is 0 Å². The van der Waals surface area contributed by atoms with Gasteiger partial charge in [-0.3, -0.25) is 9.59 Å². The number of para-hydroxylation sites is 2. The summed E-state index contributed by atoms with van der Waals surface area (Å²) in [6, 6.07) is 35.2. The number of rotatable bonds is 17. The number of nitrogens with two attached hydrogens (primary N) is 1. The van der Waals surface area contributed by atoms with Crippen LogP contribution in [0.5, 0.6) is 0 Å². The quantitative estimate of drug-likeness (QED) is 0.0607. The molecule has 13 nitrogen and oxygen atoms in total. The van der Waals surface area contributed by atoms with Crippen LogP contribution in [0.2, 0.25) is 0 Å². The first kappa shape index (κ1) is 48.9. The van der Waals surface area contributed by atoms with Crippen LogP contribution in [0, 0.1) is 17.8 Å². The predicted molar refractivity (Wildman–Crippen MR) is 231 cm³/mol. The van der Waals surface area contributed by atoms with Crippen LogP contribution in [0.15, 0.2) is 121 Å². The van der Waals surface area contributed by atoms with E-state index < -0.39 is 36.3 Å². The van der Waals surface area contributed by atoms with Crippen molar-refractivity contribution in [3.05, 3.63) is 132 Å². The van der Waals surface area contributed by atoms with Gasteiger partial charge in [0.25, 0.3) is 0 Å². The monoisotopic (exact) mass is 811 g/mol. The molecule has 0 saturated heterocycles. The maximum atomic E-state index is 12.5. The van der Waals surface area contributed by atoms with Gasteiger partial charge >= 0.3 is 18.2 Å². The Hall–Kier alpha value is -6.21. The van der Waals surface area contributed by atoms with Crippen molar-refractivity contribution < 1.29 is 38.6 Å². The molecular formula is C46H61N5O8. The van der Waals surface area contributed by atoms with E-state index in [2.05, 4.69) is 35.1 Å². The Morgan fingerprint density at radius 2 is 0.847 bits per heavy atom. The number of alkyl carbamates (subject to hydrolysis) is 2. The summed E-state index contributed by atoms with van der Waals surface area (Å²) < 4.78 is 10.2. The zero-order valence-electron chi connectivity index (χ0n) is 34.9. The topological polar surface area (TPSA) is 198 Å². The molecule has 0 unspecified atom stereocenters. The van der Waals surface area contributed by atoms with Crippen molar-refractivity contribution in [2.45, 2.75) is 92.1 Å². The number of carboxylic acid groups (broad SMARTS) is 1. The van der Waals surface area contributed by atoms with Gasteiger partial charge in [-0.2, -0.15) is 0 Å². The summed E-state index contributed by atoms with van der Waals surface area (Å²) in [4.78, 5) is 58.6. The van der Waals surface area contributed by atoms with E-state index in [-0.39, 0.29) is 36.9 Å². The SMILES string of the molecule is CC(C)C[C@H](N)C(=O)Nc1ccccc1.CC(C)C[C@H](NC(=O)OCc1ccccc1)C(=O)Nc1ccccc1.CC(C)C[C@H](NC(=O)OCc1ccccc1)C(=O)O. The number of ether oxygens (including phenoxy) is 2. The Kier molecular flexibility index (Phi) is 22.8. The minimum Gasteiger partial charge on any atom is -0.480 e. The molecule has 0 aliphatic carbocycles. The highest BCUT2D eigenvalue weighted by molar-refractivity contribution is 5.96. The van der Waals surface area contributed by atoms with Gasteiger partial charge < -0.3 is 41.6 Å². The third kappa shape index (κ3) is 22.4. The van der Waals surface area contributed by atoms with Crippen molar-refractivity contribution >= 4 is 41.3 Å². The average molecular weight is 812 g/mol. The largest absolute Gasteiger partial charge is 0.480 e. The molecule has 4 aromatic carbocycles. The number of carboxylic acids is 1. The number of anilines is 2. The summed E-state index contributed by atoms with van der Waals surface area (Å²) in [5.41, 5.74) is 8.99. The second-order valence-corrected chi connectivity index (χ2v) is 15.1. The number of amides is 4. The minimum absolute atomic E-state index is 0.116. The fourth-order valence-corrected chi connectivity index (χ4v) is 5.33. The van der Waals surface area contributed by atoms with Gasteiger partial charge in [0.05, 0.1) is 6.04 Å². The molecule has 0 aliphatic rings. The average Bonchev–Trinajstić information content (AvgIpc) is 3.20. The molecule has 59 heavy (non-hydrogen) atoms. The molecule has 0 heterocycles. The van der Waals surface area contributed by atoms with E-state index in [9.17, 15) is 24.0 Å². The van der Waals surface area contributed by atoms with Crippen molar-refractivity contribution in [3.63, 3.8) is 0 Å². The van der Waals surface area contributed by atoms with Crippen molar-refractivity contribution in [1.29, 1.82) is 0 Å². The standard InChI is InChI=1S/C20H24N2O3.C14H19NO4.C12H18N2O/c1-15(2)13-18(19(23)21-17-11-7-4-8-12-17)22-20(24)25-14-16-9-5-3-6-10-16;1-10(2)8-12(13(16)17)15-14(18)19-9-11-6-4-3-5-7-11;1-9(2)8-11(13)12(15)14-10-6-4-3-5-7-10/h3-12,15,18H,13-14H2,1-2H3,(H,21,23)(H,22,24);3-7,10,12H,8-9H2,1-2H3,(H,15,18)(H,16,17);3-7,9,11H,8,13H2,1-2H3,(H,14,15)/t18-;12-;11-/m000/s1. The van der Waals surface area contributed by atoms with Crippen molar-refractivity contribution in [3.8, 4) is 0 Å². The van der Waals surface area contributed by atoms with Crippen LogP contribution in [0.1, 0.15) is 71.9 Å². The Morgan fingerprint density at radius 3 is 1.22 bits per heavy atom. The Morgan fingerprint density at radius 1 is 0.508 bits per heavy atom. The molecule has 0 saturated carbocycles. The highest BCUT2D eigenvalue weighted by Gasteiger charge is 2.23. The molecule has 318 valence electrons. The van der Waals surface area contributed by atoms with Gasteiger partial charge in [0, 0.05) is 11.4 Å². The number of nitrogens with one attached hydrogen (secondary N) is 4. The maximum absolute atomic E-state index is 12.5. The molecular weight excluding hydrogens is 751 g/mol. The summed E-state index contributed by atoms with van der Waals surface area (Å²) in [7, 11) is 0. The first-order chi connectivity index (χ1) is 28.1. The molecule has 7 N–H and O–H groups in total. The molecule has 0 bridgehead atoms. The number of benzene rings is 4. The predicted octanol–water partition coefficient (Wildman–Crippen LogP) is 8.38. The van der Waals surface area contributed by atoms with Crippen molar-refractivity contribution in [2.24, 2.45) is 23.5 Å². The van der Waals surface area contributed by atoms with Crippen molar-refractivity contribution in [1.82, 2.24) is 10.6 Å². The molecule has 0 fully saturated rings. The van der Waals surface area contributed by atoms with E-state index in [1.165, 1.54) is 0 Å². The van der Waals surface area contributed by atoms with E-state index in [1.807, 2.05) is 137 Å². The zero-order valence-corrected chi connectivity index (χ0v) is 34.9. The van der Waals surface area contributed by atoms with Gasteiger partial charge in [0.1, 0.15) is 25.3 Å². The number of aliphatic carboxylic acids is 1. The van der Waals surface area contributed by atoms with Crippen LogP contribution in [0.3, 0.4) is 0 Å². The summed E-state index contributed by atoms with van der Waals surface area (Å²) >= 11 is 0. The van der Waals surface area contributed by atoms with Gasteiger partial charge in [0.15, 0.2) is 0 Å². The van der Waals surface area contributed by atoms with E-state index in [0.717, 1.165) is 16.8 Å². The highest BCUT2D eigenvalue weighted by atomic mass is 16.6. The summed E-state index contributed by atoms with van der Waals surface area (Å²) in [6.45, 7) is 12.2. The molecule has 0 radical (unpaired) electrons. The Bertz CT molecular complexity index is 1810. The lowest BCUT2D eigenvalue weighted by atomic mass is 10.0. The molecule has 0 aromatic heterocycles. The third-order valence-corrected chi connectivity index (χ3v) is 8.18. The molecule has 4 rings (SSSR count). The maximum Gasteiger partial charge on any atom is 0.408 e. The highest BCUT2D eigenvalue weighted by Crippen LogP contribution is 2.12. The fraction of sp³-hybridized carbons (Fsp3) is 0.370. The molecule has 3 atom stereocenters. The lowest BCUT2D eigenvalue weighted by Crippen LogP contribution is -2.44. The molecule has 4 amide bonds. The van der Waals surface area contributed by atoms with E-state index in [0.29, 0.717) is 30.9 Å². The normalized spacial score (nSPS) is 12.0. The second kappa shape index (κ2) is 27.4. The van der Waals surface area contributed by atoms with Gasteiger partial charge in [-0.1, -0.05) is 139 Å². The van der Waals surface area contributed by atoms with Gasteiger partial charge in [0.2, 0.25) is 11.8 Å². The number of hydrogen-bond acceptors (Lipinski definition) is 8. The van der Waals surface area contributed by atoms with E-state index >= 15 is 0 Å². The van der Waals surface area contributed by atoms with Crippen molar-refractivity contribution in [2.75, 3.05) is 10.6 Å². The number of carbonyl (C=O) groups is 5. The smallest absolute Gasteiger partial charge is 0.408 e. The summed E-state index contributed by atoms with van der Waals surface area (Å²) in [5.74, 6) is -0.560. The van der Waals surface area contributed by atoms with Gasteiger partial charge in [-0.05, 0) is 72.4 Å². The Balaban J connectivity index is 0.000000316. The van der Waals surface area contributed by atoms with E-state index in [4.69, 9.17) is 20.3 Å². The van der Waals surface area contributed by atoms with Crippen LogP contribution in [-0.4, -0.2) is 53.2 Å². The van der Waals surface area contributed by atoms with Gasteiger partial charge in [-0.25, -0.2) is 14.4 Å². The van der Waals surface area contributed by atoms with Crippen LogP contribution in [0.4, 0.5) is 21.0 Å². The number of carbonyl (C=O) groups excluding carboxylic acids is 4. The van der Waals surface area contributed by atoms with Crippen LogP contribution >= 0.6 is 0 Å². The molecule has 0 aliphatic heterocycles. The lowest BCUT2D eigenvalue weighted by Gasteiger charge is -2.20. The molecule has 4 aromatic rings.